The molecule has 0 radical (unpaired) electrons. The quantitative estimate of drug-likeness (QED) is 0.152. The number of carbonyl (C=O) groups is 2. The topological polar surface area (TPSA) is 138 Å². The molecule has 2 heterocycles. The Kier molecular flexibility index (Phi) is 11.3. The molecule has 1 atom stereocenters. The first-order chi connectivity index (χ1) is 24.4. The lowest BCUT2D eigenvalue weighted by Crippen LogP contribution is -2.45. The van der Waals surface area contributed by atoms with E-state index in [2.05, 4.69) is 20.8 Å². The van der Waals surface area contributed by atoms with E-state index < -0.39 is 28.9 Å². The molecule has 0 saturated heterocycles. The second-order valence-electron chi connectivity index (χ2n) is 14.9. The largest absolute Gasteiger partial charge is 0.497 e. The lowest BCUT2D eigenvalue weighted by Gasteiger charge is -2.32. The monoisotopic (exact) mass is 730 g/mol. The highest BCUT2D eigenvalue weighted by Crippen LogP contribution is 2.35. The average molecular weight is 731 g/mol. The Morgan fingerprint density at radius 1 is 0.885 bits per heavy atom. The van der Waals surface area contributed by atoms with Crippen LogP contribution >= 0.6 is 11.6 Å². The number of anilines is 1. The van der Waals surface area contributed by atoms with Crippen LogP contribution in [0.1, 0.15) is 83.7 Å². The van der Waals surface area contributed by atoms with E-state index in [1.807, 2.05) is 102 Å². The van der Waals surface area contributed by atoms with E-state index in [4.69, 9.17) is 35.5 Å². The first-order valence-corrected chi connectivity index (χ1v) is 17.4. The first-order valence-electron chi connectivity index (χ1n) is 17.1. The highest BCUT2D eigenvalue weighted by atomic mass is 35.5. The summed E-state index contributed by atoms with van der Waals surface area (Å²) in [6.45, 7) is 15.4. The van der Waals surface area contributed by atoms with Gasteiger partial charge in [-0.05, 0) is 110 Å². The highest BCUT2D eigenvalue weighted by Gasteiger charge is 2.31. The maximum Gasteiger partial charge on any atom is 0.407 e. The molecule has 0 bridgehead atoms. The van der Waals surface area contributed by atoms with Crippen LogP contribution in [0.2, 0.25) is 5.02 Å². The molecule has 1 aliphatic rings. The smallest absolute Gasteiger partial charge is 0.407 e. The van der Waals surface area contributed by atoms with Gasteiger partial charge in [0.05, 0.1) is 37.1 Å². The van der Waals surface area contributed by atoms with Crippen LogP contribution in [0.3, 0.4) is 0 Å². The van der Waals surface area contributed by atoms with Gasteiger partial charge in [-0.25, -0.2) is 4.79 Å². The second kappa shape index (κ2) is 15.3. The van der Waals surface area contributed by atoms with Crippen LogP contribution in [-0.2, 0) is 14.3 Å². The Morgan fingerprint density at radius 3 is 2.21 bits per heavy atom. The number of aliphatic imine (C=N–C) groups is 1. The van der Waals surface area contributed by atoms with Crippen molar-refractivity contribution in [2.45, 2.75) is 84.7 Å². The van der Waals surface area contributed by atoms with Crippen molar-refractivity contribution in [3.8, 4) is 17.2 Å². The minimum atomic E-state index is -0.692. The van der Waals surface area contributed by atoms with Gasteiger partial charge in [-0.15, -0.1) is 10.2 Å². The van der Waals surface area contributed by atoms with E-state index in [-0.39, 0.29) is 25.5 Å². The Labute approximate surface area is 309 Å². The fourth-order valence-corrected chi connectivity index (χ4v) is 5.66. The lowest BCUT2D eigenvalue weighted by atomic mass is 10.00. The van der Waals surface area contributed by atoms with Crippen molar-refractivity contribution < 1.29 is 28.5 Å². The summed E-state index contributed by atoms with van der Waals surface area (Å²) in [5, 5.41) is 15.2. The molecular formula is C39H47ClN6O6. The number of benzene rings is 3. The summed E-state index contributed by atoms with van der Waals surface area (Å²) in [4.78, 5) is 30.8. The molecule has 13 heteroatoms. The predicted octanol–water partition coefficient (Wildman–Crippen LogP) is 7.64. The zero-order chi connectivity index (χ0) is 37.8. The molecule has 52 heavy (non-hydrogen) atoms. The van der Waals surface area contributed by atoms with E-state index >= 15 is 0 Å². The Morgan fingerprint density at radius 2 is 1.56 bits per heavy atom. The molecule has 4 aromatic rings. The number of hydrogen-bond acceptors (Lipinski definition) is 9. The fraction of sp³-hybridized carbons (Fsp3) is 0.410. The maximum absolute atomic E-state index is 13.6. The van der Waals surface area contributed by atoms with Crippen molar-refractivity contribution in [2.24, 2.45) is 4.99 Å². The molecule has 12 nitrogen and oxygen atoms in total. The number of aromatic nitrogens is 3. The third-order valence-corrected chi connectivity index (χ3v) is 8.28. The number of halogens is 1. The molecule has 2 N–H and O–H groups in total. The van der Waals surface area contributed by atoms with Crippen LogP contribution in [-0.4, -0.2) is 69.5 Å². The predicted molar refractivity (Wildman–Crippen MR) is 201 cm³/mol. The van der Waals surface area contributed by atoms with E-state index in [9.17, 15) is 9.59 Å². The van der Waals surface area contributed by atoms with Crippen molar-refractivity contribution in [1.82, 2.24) is 20.1 Å². The Hall–Kier alpha value is -4.94. The third kappa shape index (κ3) is 9.89. The Balaban J connectivity index is 1.26. The number of nitrogens with one attached hydrogen (secondary N) is 2. The molecule has 1 aliphatic heterocycles. The summed E-state index contributed by atoms with van der Waals surface area (Å²) >= 11 is 6.22. The number of nitrogens with zero attached hydrogens (tertiary/aromatic N) is 4. The number of hydrogen-bond donors (Lipinski definition) is 2. The van der Waals surface area contributed by atoms with E-state index in [1.165, 1.54) is 0 Å². The number of ether oxygens (including phenoxy) is 4. The minimum Gasteiger partial charge on any atom is -0.497 e. The first kappa shape index (κ1) is 38.3. The van der Waals surface area contributed by atoms with Gasteiger partial charge in [0.25, 0.3) is 0 Å². The molecule has 276 valence electrons. The van der Waals surface area contributed by atoms with Gasteiger partial charge in [0.15, 0.2) is 5.82 Å². The van der Waals surface area contributed by atoms with Crippen LogP contribution in [0.5, 0.6) is 11.5 Å². The van der Waals surface area contributed by atoms with E-state index in [0.29, 0.717) is 39.6 Å². The standard InChI is InChI=1S/C39H47ClN6O6/c1-24-44-45-35-31(43-34(25-10-12-26(40)13-11-25)30-20-29(49-9)18-19-32(30)46(24)35)21-33(47)42-27-14-16-28(17-15-27)51-39(7,8)23-50-38(5,6)22-41-36(48)52-37(2,3)4/h10-20,31H,21-23H2,1-9H3,(H,41,48)(H,42,47)/t31-/m0/s1. The summed E-state index contributed by atoms with van der Waals surface area (Å²) in [6.07, 6.45) is -0.483. The van der Waals surface area contributed by atoms with Crippen LogP contribution in [0.4, 0.5) is 10.5 Å². The molecule has 0 spiro atoms. The summed E-state index contributed by atoms with van der Waals surface area (Å²) in [5.41, 5.74) is 1.84. The van der Waals surface area contributed by atoms with E-state index in [1.54, 1.807) is 31.4 Å². The molecular weight excluding hydrogens is 684 g/mol. The molecule has 2 amide bonds. The van der Waals surface area contributed by atoms with Crippen LogP contribution in [0.15, 0.2) is 71.7 Å². The van der Waals surface area contributed by atoms with Crippen molar-refractivity contribution >= 4 is 35.0 Å². The summed E-state index contributed by atoms with van der Waals surface area (Å²) in [6, 6.07) is 19.7. The molecule has 0 aliphatic carbocycles. The third-order valence-electron chi connectivity index (χ3n) is 8.03. The number of aryl methyl sites for hydroxylation is 1. The molecule has 0 saturated carbocycles. The molecule has 1 aromatic heterocycles. The lowest BCUT2D eigenvalue weighted by molar-refractivity contribution is -0.116. The van der Waals surface area contributed by atoms with Crippen molar-refractivity contribution in [2.75, 3.05) is 25.6 Å². The summed E-state index contributed by atoms with van der Waals surface area (Å²) in [5.74, 6) is 2.26. The SMILES string of the molecule is COc1ccc2c(c1)C(c1ccc(Cl)cc1)=N[C@@H](CC(=O)Nc1ccc(OC(C)(C)COC(C)(C)CNC(=O)OC(C)(C)C)cc1)c1nnc(C)n1-2. The van der Waals surface area contributed by atoms with Gasteiger partial charge < -0.3 is 29.6 Å². The van der Waals surface area contributed by atoms with Gasteiger partial charge in [0, 0.05) is 28.4 Å². The van der Waals surface area contributed by atoms with Gasteiger partial charge in [-0.1, -0.05) is 23.7 Å². The number of alkyl carbamates (subject to hydrolysis) is 1. The number of fused-ring (bicyclic) bond motifs is 3. The van der Waals surface area contributed by atoms with Crippen molar-refractivity contribution in [3.63, 3.8) is 0 Å². The average Bonchev–Trinajstić information content (AvgIpc) is 3.40. The van der Waals surface area contributed by atoms with Gasteiger partial charge in [0.1, 0.15) is 34.6 Å². The number of carbonyl (C=O) groups excluding carboxylic acids is 2. The molecule has 3 aromatic carbocycles. The second-order valence-corrected chi connectivity index (χ2v) is 15.3. The van der Waals surface area contributed by atoms with Crippen molar-refractivity contribution in [1.29, 1.82) is 0 Å². The summed E-state index contributed by atoms with van der Waals surface area (Å²) in [7, 11) is 1.62. The van der Waals surface area contributed by atoms with Crippen LogP contribution in [0.25, 0.3) is 5.69 Å². The molecule has 0 unspecified atom stereocenters. The Bertz CT molecular complexity index is 1930. The summed E-state index contributed by atoms with van der Waals surface area (Å²) < 4.78 is 25.2. The number of amides is 2. The normalized spacial score (nSPS) is 14.3. The van der Waals surface area contributed by atoms with Crippen LogP contribution in [0, 0.1) is 6.92 Å². The van der Waals surface area contributed by atoms with E-state index in [0.717, 1.165) is 16.8 Å². The van der Waals surface area contributed by atoms with Gasteiger partial charge >= 0.3 is 6.09 Å². The van der Waals surface area contributed by atoms with Crippen molar-refractivity contribution in [3.05, 3.63) is 94.5 Å². The zero-order valence-corrected chi connectivity index (χ0v) is 31.9. The van der Waals surface area contributed by atoms with Gasteiger partial charge in [0.2, 0.25) is 5.91 Å². The minimum absolute atomic E-state index is 0.0154. The zero-order valence-electron chi connectivity index (χ0n) is 31.2. The van der Waals surface area contributed by atoms with Gasteiger partial charge in [-0.2, -0.15) is 0 Å². The van der Waals surface area contributed by atoms with Crippen LogP contribution < -0.4 is 20.1 Å². The molecule has 5 rings (SSSR count). The fourth-order valence-electron chi connectivity index (χ4n) is 5.54. The molecule has 0 fully saturated rings. The number of methoxy groups -OCH3 is 1. The highest BCUT2D eigenvalue weighted by molar-refractivity contribution is 6.30. The number of rotatable bonds is 12. The van der Waals surface area contributed by atoms with Gasteiger partial charge in [-0.3, -0.25) is 14.4 Å². The maximum atomic E-state index is 13.6.